The van der Waals surface area contributed by atoms with Crippen LogP contribution in [0.15, 0.2) is 48.5 Å². The number of amides is 1. The molecule has 164 valence electrons. The number of aromatic amines is 1. The molecule has 6 nitrogen and oxygen atoms in total. The molecule has 0 saturated heterocycles. The molecule has 1 heterocycles. The minimum absolute atomic E-state index is 0.00910. The summed E-state index contributed by atoms with van der Waals surface area (Å²) in [4.78, 5) is 14.8. The third kappa shape index (κ3) is 6.35. The van der Waals surface area contributed by atoms with Crippen molar-refractivity contribution in [1.29, 1.82) is 0 Å². The Morgan fingerprint density at radius 3 is 2.35 bits per heavy atom. The number of carbonyl (C=O) groups excluding carboxylic acids is 1. The summed E-state index contributed by atoms with van der Waals surface area (Å²) in [7, 11) is 0. The van der Waals surface area contributed by atoms with Gasteiger partial charge in [0.15, 0.2) is 10.6 Å². The number of carbonyl (C=O) groups is 1. The van der Waals surface area contributed by atoms with Crippen molar-refractivity contribution < 1.29 is 4.79 Å². The smallest absolute Gasteiger partial charge is 0.222 e. The summed E-state index contributed by atoms with van der Waals surface area (Å²) < 4.78 is 2.40. The Morgan fingerprint density at radius 2 is 1.71 bits per heavy atom. The Labute approximate surface area is 189 Å². The van der Waals surface area contributed by atoms with Crippen molar-refractivity contribution in [3.05, 3.63) is 70.0 Å². The lowest BCUT2D eigenvalue weighted by Crippen LogP contribution is -2.24. The fourth-order valence-electron chi connectivity index (χ4n) is 3.42. The maximum absolute atomic E-state index is 12.4. The maximum atomic E-state index is 12.4. The molecule has 1 amide bonds. The molecule has 3 rings (SSSR count). The van der Waals surface area contributed by atoms with E-state index in [1.807, 2.05) is 35.8 Å². The molecule has 0 aliphatic rings. The fraction of sp³-hybridized carbons (Fsp3) is 0.375. The summed E-state index contributed by atoms with van der Waals surface area (Å²) >= 11 is 5.36. The first-order valence-corrected chi connectivity index (χ1v) is 11.2. The van der Waals surface area contributed by atoms with Crippen LogP contribution in [0.4, 0.5) is 0 Å². The largest absolute Gasteiger partial charge is 0.352 e. The number of hydrogen-bond acceptors (Lipinski definition) is 4. The van der Waals surface area contributed by atoms with Gasteiger partial charge in [-0.05, 0) is 43.4 Å². The molecule has 0 aliphatic heterocycles. The van der Waals surface area contributed by atoms with Gasteiger partial charge in [0.2, 0.25) is 5.91 Å². The van der Waals surface area contributed by atoms with E-state index in [9.17, 15) is 4.79 Å². The number of nitrogens with zero attached hydrogens (tertiary/aromatic N) is 3. The molecule has 0 unspecified atom stereocenters. The monoisotopic (exact) mass is 437 g/mol. The van der Waals surface area contributed by atoms with Gasteiger partial charge in [0, 0.05) is 31.6 Å². The lowest BCUT2D eigenvalue weighted by molar-refractivity contribution is -0.121. The number of aryl methyl sites for hydroxylation is 1. The normalized spacial score (nSPS) is 11.1. The molecule has 0 saturated carbocycles. The lowest BCUT2D eigenvalue weighted by atomic mass is 10.1. The molecule has 0 radical (unpaired) electrons. The molecule has 0 atom stereocenters. The first-order valence-electron chi connectivity index (χ1n) is 10.8. The minimum Gasteiger partial charge on any atom is -0.352 e. The van der Waals surface area contributed by atoms with Crippen molar-refractivity contribution >= 4 is 18.1 Å². The Kier molecular flexibility index (Phi) is 8.14. The van der Waals surface area contributed by atoms with E-state index in [1.54, 1.807) is 0 Å². The summed E-state index contributed by atoms with van der Waals surface area (Å²) in [6.07, 6.45) is 0.340. The van der Waals surface area contributed by atoms with Crippen LogP contribution in [0.5, 0.6) is 0 Å². The second-order valence-electron chi connectivity index (χ2n) is 7.67. The van der Waals surface area contributed by atoms with Crippen LogP contribution < -0.4 is 5.32 Å². The number of benzene rings is 2. The van der Waals surface area contributed by atoms with Crippen molar-refractivity contribution in [2.75, 3.05) is 13.1 Å². The molecule has 2 aromatic carbocycles. The second-order valence-corrected chi connectivity index (χ2v) is 8.06. The Balaban J connectivity index is 1.53. The van der Waals surface area contributed by atoms with E-state index in [1.165, 1.54) is 11.1 Å². The van der Waals surface area contributed by atoms with Crippen LogP contribution in [0.25, 0.3) is 11.4 Å². The topological polar surface area (TPSA) is 66.0 Å². The van der Waals surface area contributed by atoms with E-state index >= 15 is 0 Å². The Morgan fingerprint density at radius 1 is 1.06 bits per heavy atom. The summed E-state index contributed by atoms with van der Waals surface area (Å²) in [6.45, 7) is 10.4. The van der Waals surface area contributed by atoms with E-state index in [-0.39, 0.29) is 5.91 Å². The second kappa shape index (κ2) is 11.0. The van der Waals surface area contributed by atoms with Crippen molar-refractivity contribution in [3.8, 4) is 11.4 Å². The van der Waals surface area contributed by atoms with Crippen LogP contribution in [-0.4, -0.2) is 38.7 Å². The van der Waals surface area contributed by atoms with E-state index in [4.69, 9.17) is 12.2 Å². The highest BCUT2D eigenvalue weighted by Gasteiger charge is 2.11. The lowest BCUT2D eigenvalue weighted by Gasteiger charge is -2.18. The van der Waals surface area contributed by atoms with Crippen molar-refractivity contribution in [2.24, 2.45) is 0 Å². The predicted molar refractivity (Wildman–Crippen MR) is 127 cm³/mol. The first-order chi connectivity index (χ1) is 15.0. The zero-order valence-corrected chi connectivity index (χ0v) is 19.3. The quantitative estimate of drug-likeness (QED) is 0.460. The molecule has 2 N–H and O–H groups in total. The van der Waals surface area contributed by atoms with E-state index < -0.39 is 0 Å². The minimum atomic E-state index is -0.00910. The van der Waals surface area contributed by atoms with Gasteiger partial charge in [-0.25, -0.2) is 0 Å². The number of H-pyrrole nitrogens is 1. The van der Waals surface area contributed by atoms with Gasteiger partial charge in [-0.3, -0.25) is 19.4 Å². The average molecular weight is 438 g/mol. The molecule has 0 fully saturated rings. The highest BCUT2D eigenvalue weighted by molar-refractivity contribution is 7.71. The Bertz CT molecular complexity index is 1030. The van der Waals surface area contributed by atoms with Gasteiger partial charge in [-0.15, -0.1) is 0 Å². The highest BCUT2D eigenvalue weighted by Crippen LogP contribution is 2.18. The number of hydrogen-bond donors (Lipinski definition) is 2. The van der Waals surface area contributed by atoms with E-state index in [0.29, 0.717) is 24.3 Å². The molecular formula is C24H31N5OS. The average Bonchev–Trinajstić information content (AvgIpc) is 3.16. The van der Waals surface area contributed by atoms with E-state index in [0.717, 1.165) is 36.6 Å². The molecule has 31 heavy (non-hydrogen) atoms. The summed E-state index contributed by atoms with van der Waals surface area (Å²) in [5, 5.41) is 10.2. The molecule has 7 heteroatoms. The van der Waals surface area contributed by atoms with Gasteiger partial charge in [0.05, 0.1) is 0 Å². The number of rotatable bonds is 10. The summed E-state index contributed by atoms with van der Waals surface area (Å²) in [5.41, 5.74) is 4.54. The van der Waals surface area contributed by atoms with Crippen LogP contribution >= 0.6 is 12.2 Å². The summed E-state index contributed by atoms with van der Waals surface area (Å²) in [5.74, 6) is 0.742. The Hall–Kier alpha value is -2.77. The first kappa shape index (κ1) is 22.9. The standard InChI is InChI=1S/C24H31N5OS/c1-4-28(5-2)17-20-10-8-19(9-11-20)16-25-22(30)14-15-29-23(26-27-24(29)31)21-12-6-18(3)7-13-21/h6-13H,4-5,14-17H2,1-3H3,(H,25,30)(H,27,31). The number of aromatic nitrogens is 3. The van der Waals surface area contributed by atoms with Crippen LogP contribution in [0, 0.1) is 11.7 Å². The van der Waals surface area contributed by atoms with Crippen LogP contribution in [0.3, 0.4) is 0 Å². The van der Waals surface area contributed by atoms with Gasteiger partial charge in [-0.2, -0.15) is 5.10 Å². The SMILES string of the molecule is CCN(CC)Cc1ccc(CNC(=O)CCn2c(-c3ccc(C)cc3)n[nH]c2=S)cc1. The van der Waals surface area contributed by atoms with Crippen LogP contribution in [-0.2, 0) is 24.4 Å². The van der Waals surface area contributed by atoms with Gasteiger partial charge >= 0.3 is 0 Å². The van der Waals surface area contributed by atoms with Crippen LogP contribution in [0.1, 0.15) is 37.0 Å². The molecule has 0 aliphatic carbocycles. The van der Waals surface area contributed by atoms with Crippen molar-refractivity contribution in [2.45, 2.75) is 46.8 Å². The fourth-order valence-corrected chi connectivity index (χ4v) is 3.64. The predicted octanol–water partition coefficient (Wildman–Crippen LogP) is 4.46. The molecule has 0 spiro atoms. The third-order valence-corrected chi connectivity index (χ3v) is 5.76. The molecule has 3 aromatic rings. The summed E-state index contributed by atoms with van der Waals surface area (Å²) in [6, 6.07) is 16.6. The van der Waals surface area contributed by atoms with Gasteiger partial charge in [0.25, 0.3) is 0 Å². The van der Waals surface area contributed by atoms with Gasteiger partial charge in [-0.1, -0.05) is 67.9 Å². The van der Waals surface area contributed by atoms with Crippen LogP contribution in [0.2, 0.25) is 0 Å². The zero-order chi connectivity index (χ0) is 22.2. The maximum Gasteiger partial charge on any atom is 0.222 e. The van der Waals surface area contributed by atoms with Gasteiger partial charge < -0.3 is 5.32 Å². The van der Waals surface area contributed by atoms with Gasteiger partial charge in [0.1, 0.15) is 0 Å². The van der Waals surface area contributed by atoms with E-state index in [2.05, 4.69) is 58.5 Å². The molecule has 0 bridgehead atoms. The van der Waals surface area contributed by atoms with Crippen molar-refractivity contribution in [1.82, 2.24) is 25.0 Å². The zero-order valence-electron chi connectivity index (χ0n) is 18.5. The third-order valence-electron chi connectivity index (χ3n) is 5.44. The number of nitrogens with one attached hydrogen (secondary N) is 2. The highest BCUT2D eigenvalue weighted by atomic mass is 32.1. The molecular weight excluding hydrogens is 406 g/mol. The van der Waals surface area contributed by atoms with Crippen molar-refractivity contribution in [3.63, 3.8) is 0 Å². The molecule has 1 aromatic heterocycles.